The molecule has 0 unspecified atom stereocenters. The van der Waals surface area contributed by atoms with Crippen LogP contribution in [0.4, 0.5) is 14.4 Å². The summed E-state index contributed by atoms with van der Waals surface area (Å²) in [6.45, 7) is 5.72. The predicted octanol–water partition coefficient (Wildman–Crippen LogP) is 0.399. The highest BCUT2D eigenvalue weighted by atomic mass is 16.5. The zero-order chi connectivity index (χ0) is 16.8. The molecule has 0 saturated heterocycles. The van der Waals surface area contributed by atoms with Gasteiger partial charge in [0.2, 0.25) is 0 Å². The molecule has 0 atom stereocenters. The molecule has 0 bridgehead atoms. The van der Waals surface area contributed by atoms with E-state index >= 15 is 0 Å². The zero-order valence-electron chi connectivity index (χ0n) is 13.1. The van der Waals surface area contributed by atoms with Crippen molar-refractivity contribution >= 4 is 18.2 Å². The maximum atomic E-state index is 11.9. The van der Waals surface area contributed by atoms with E-state index in [9.17, 15) is 14.4 Å². The Morgan fingerprint density at radius 2 is 1.32 bits per heavy atom. The Kier molecular flexibility index (Phi) is 11.5. The van der Waals surface area contributed by atoms with Crippen LogP contribution in [0.25, 0.3) is 0 Å². The number of nitrogens with one attached hydrogen (secondary N) is 3. The molecule has 0 aliphatic carbocycles. The van der Waals surface area contributed by atoms with Gasteiger partial charge in [-0.25, -0.2) is 19.3 Å². The summed E-state index contributed by atoms with van der Waals surface area (Å²) in [6.07, 6.45) is -0.734. The van der Waals surface area contributed by atoms with E-state index in [1.807, 2.05) is 0 Å². The van der Waals surface area contributed by atoms with Crippen LogP contribution in [0, 0.1) is 0 Å². The fourth-order valence-electron chi connectivity index (χ4n) is 1.18. The van der Waals surface area contributed by atoms with Crippen LogP contribution in [-0.4, -0.2) is 63.0 Å². The van der Waals surface area contributed by atoms with Gasteiger partial charge in [0.05, 0.1) is 6.61 Å². The molecule has 0 aliphatic heterocycles. The first-order valence-corrected chi connectivity index (χ1v) is 6.96. The number of nitrogens with zero attached hydrogens (tertiary/aromatic N) is 1. The molecule has 0 rings (SSSR count). The summed E-state index contributed by atoms with van der Waals surface area (Å²) < 4.78 is 14.6. The van der Waals surface area contributed by atoms with Gasteiger partial charge in [-0.15, -0.1) is 0 Å². The van der Waals surface area contributed by atoms with E-state index in [4.69, 9.17) is 9.47 Å². The normalized spacial score (nSPS) is 9.77. The van der Waals surface area contributed by atoms with Gasteiger partial charge < -0.3 is 30.2 Å². The number of carbonyl (C=O) groups excluding carboxylic acids is 3. The fraction of sp³-hybridized carbons (Fsp3) is 0.750. The van der Waals surface area contributed by atoms with Gasteiger partial charge in [0.25, 0.3) is 0 Å². The van der Waals surface area contributed by atoms with Gasteiger partial charge in [-0.1, -0.05) is 0 Å². The topological polar surface area (TPSA) is 118 Å². The molecule has 0 fully saturated rings. The highest BCUT2D eigenvalue weighted by molar-refractivity contribution is 5.93. The Morgan fingerprint density at radius 1 is 0.818 bits per heavy atom. The smallest absolute Gasteiger partial charge is 0.408 e. The maximum Gasteiger partial charge on any atom is 0.408 e. The summed E-state index contributed by atoms with van der Waals surface area (Å²) in [4.78, 5) is 35.8. The molecule has 5 amide bonds. The molecule has 0 aromatic rings. The SMILES string of the molecule is CCOCNC(=O)N(CNC(=O)OCC)C(=O)NCOCC. The van der Waals surface area contributed by atoms with Gasteiger partial charge >= 0.3 is 18.2 Å². The number of alkyl carbamates (subject to hydrolysis) is 1. The molecule has 3 N–H and O–H groups in total. The quantitative estimate of drug-likeness (QED) is 0.418. The highest BCUT2D eigenvalue weighted by Crippen LogP contribution is 1.91. The van der Waals surface area contributed by atoms with Gasteiger partial charge in [0.1, 0.15) is 20.1 Å². The first kappa shape index (κ1) is 19.9. The summed E-state index contributed by atoms with van der Waals surface area (Å²) in [5.41, 5.74) is 0. The van der Waals surface area contributed by atoms with Crippen molar-refractivity contribution in [3.05, 3.63) is 0 Å². The second-order valence-electron chi connectivity index (χ2n) is 3.72. The number of hydrogen-bond donors (Lipinski definition) is 3. The van der Waals surface area contributed by atoms with Crippen LogP contribution in [-0.2, 0) is 14.2 Å². The minimum absolute atomic E-state index is 0.0516. The molecule has 0 radical (unpaired) electrons. The summed E-state index contributed by atoms with van der Waals surface area (Å²) in [6, 6.07) is -1.45. The number of carbonyl (C=O) groups is 3. The summed E-state index contributed by atoms with van der Waals surface area (Å²) in [5, 5.41) is 7.05. The molecular formula is C12H24N4O6. The van der Waals surface area contributed by atoms with Crippen molar-refractivity contribution in [2.45, 2.75) is 20.8 Å². The average Bonchev–Trinajstić information content (AvgIpc) is 2.48. The van der Waals surface area contributed by atoms with Crippen molar-refractivity contribution in [3.8, 4) is 0 Å². The van der Waals surface area contributed by atoms with Gasteiger partial charge in [-0.2, -0.15) is 0 Å². The third kappa shape index (κ3) is 8.97. The minimum atomic E-state index is -0.734. The fourth-order valence-corrected chi connectivity index (χ4v) is 1.18. The zero-order valence-corrected chi connectivity index (χ0v) is 13.1. The van der Waals surface area contributed by atoms with Crippen LogP contribution in [0.2, 0.25) is 0 Å². The van der Waals surface area contributed by atoms with Crippen molar-refractivity contribution < 1.29 is 28.6 Å². The summed E-state index contributed by atoms with van der Waals surface area (Å²) in [5.74, 6) is 0. The van der Waals surface area contributed by atoms with Crippen LogP contribution in [0.5, 0.6) is 0 Å². The monoisotopic (exact) mass is 320 g/mol. The summed E-state index contributed by atoms with van der Waals surface area (Å²) >= 11 is 0. The Morgan fingerprint density at radius 3 is 1.73 bits per heavy atom. The van der Waals surface area contributed by atoms with E-state index < -0.39 is 18.2 Å². The minimum Gasteiger partial charge on any atom is -0.450 e. The molecule has 0 aliphatic rings. The van der Waals surface area contributed by atoms with E-state index in [1.165, 1.54) is 0 Å². The molecule has 128 valence electrons. The largest absolute Gasteiger partial charge is 0.450 e. The lowest BCUT2D eigenvalue weighted by Crippen LogP contribution is -2.53. The lowest BCUT2D eigenvalue weighted by Gasteiger charge is -2.21. The average molecular weight is 320 g/mol. The Balaban J connectivity index is 4.49. The number of amides is 5. The van der Waals surface area contributed by atoms with Gasteiger partial charge in [-0.05, 0) is 20.8 Å². The van der Waals surface area contributed by atoms with E-state index in [1.54, 1.807) is 20.8 Å². The van der Waals surface area contributed by atoms with Crippen LogP contribution >= 0.6 is 0 Å². The molecule has 0 heterocycles. The predicted molar refractivity (Wildman–Crippen MR) is 76.9 cm³/mol. The highest BCUT2D eigenvalue weighted by Gasteiger charge is 2.21. The van der Waals surface area contributed by atoms with Crippen LogP contribution in [0.3, 0.4) is 0 Å². The third-order valence-corrected chi connectivity index (χ3v) is 2.21. The van der Waals surface area contributed by atoms with E-state index in [2.05, 4.69) is 20.7 Å². The van der Waals surface area contributed by atoms with E-state index in [0.29, 0.717) is 13.2 Å². The van der Waals surface area contributed by atoms with Crippen molar-refractivity contribution in [1.29, 1.82) is 0 Å². The van der Waals surface area contributed by atoms with Gasteiger partial charge in [-0.3, -0.25) is 0 Å². The Hall–Kier alpha value is -2.07. The maximum absolute atomic E-state index is 11.9. The van der Waals surface area contributed by atoms with E-state index in [-0.39, 0.29) is 26.7 Å². The lowest BCUT2D eigenvalue weighted by atomic mass is 10.6. The third-order valence-electron chi connectivity index (χ3n) is 2.21. The van der Waals surface area contributed by atoms with Crippen molar-refractivity contribution in [1.82, 2.24) is 20.9 Å². The van der Waals surface area contributed by atoms with Gasteiger partial charge in [0.15, 0.2) is 0 Å². The molecule has 0 saturated carbocycles. The lowest BCUT2D eigenvalue weighted by molar-refractivity contribution is 0.112. The number of urea groups is 2. The Labute approximate surface area is 129 Å². The van der Waals surface area contributed by atoms with Crippen LogP contribution < -0.4 is 16.0 Å². The van der Waals surface area contributed by atoms with Crippen LogP contribution in [0.15, 0.2) is 0 Å². The molecule has 10 nitrogen and oxygen atoms in total. The first-order chi connectivity index (χ1) is 10.6. The molecule has 0 aromatic heterocycles. The molecule has 0 spiro atoms. The van der Waals surface area contributed by atoms with Crippen molar-refractivity contribution in [3.63, 3.8) is 0 Å². The first-order valence-electron chi connectivity index (χ1n) is 6.96. The van der Waals surface area contributed by atoms with Crippen LogP contribution in [0.1, 0.15) is 20.8 Å². The Bertz CT molecular complexity index is 331. The van der Waals surface area contributed by atoms with Crippen molar-refractivity contribution in [2.24, 2.45) is 0 Å². The number of hydrogen-bond acceptors (Lipinski definition) is 6. The number of imide groups is 1. The molecule has 10 heteroatoms. The summed E-state index contributed by atoms with van der Waals surface area (Å²) in [7, 11) is 0. The van der Waals surface area contributed by atoms with Crippen molar-refractivity contribution in [2.75, 3.05) is 40.0 Å². The second kappa shape index (κ2) is 12.7. The standard InChI is InChI=1S/C12H24N4O6/c1-4-20-8-14-10(17)16(7-13-12(19)22-6-3)11(18)15-9-21-5-2/h4-9H2,1-3H3,(H,13,19)(H,14,17)(H,15,18). The van der Waals surface area contributed by atoms with E-state index in [0.717, 1.165) is 4.90 Å². The molecule has 22 heavy (non-hydrogen) atoms. The second-order valence-corrected chi connectivity index (χ2v) is 3.72. The van der Waals surface area contributed by atoms with Gasteiger partial charge in [0, 0.05) is 13.2 Å². The molecular weight excluding hydrogens is 296 g/mol. The number of ether oxygens (including phenoxy) is 3. The number of rotatable bonds is 9. The molecule has 0 aromatic carbocycles.